The van der Waals surface area contributed by atoms with E-state index in [1.54, 1.807) is 0 Å². The number of hydrogen-bond acceptors (Lipinski definition) is 2. The minimum atomic E-state index is 0.634. The molecule has 60 valence electrons. The summed E-state index contributed by atoms with van der Waals surface area (Å²) in [5.41, 5.74) is 0. The van der Waals surface area contributed by atoms with Crippen molar-refractivity contribution in [1.29, 1.82) is 0 Å². The number of fused-ring (bicyclic) bond motifs is 5. The van der Waals surface area contributed by atoms with Crippen molar-refractivity contribution >= 4 is 0 Å². The molecular weight excluding hydrogens is 140 g/mol. The Morgan fingerprint density at radius 1 is 1.00 bits per heavy atom. The van der Waals surface area contributed by atoms with Gasteiger partial charge in [-0.15, -0.1) is 0 Å². The van der Waals surface area contributed by atoms with E-state index < -0.39 is 0 Å². The molecule has 11 heavy (non-hydrogen) atoms. The predicted octanol–water partition coefficient (Wildman–Crippen LogP) is 0.809. The van der Waals surface area contributed by atoms with E-state index in [-0.39, 0.29) is 0 Å². The second kappa shape index (κ2) is 1.50. The standard InChI is InChI=1S/C9H12O2/c1-4-2-6(9-8(4)11-9)5(1)7-3-10-7/h4-9H,1-3H2. The summed E-state index contributed by atoms with van der Waals surface area (Å²) < 4.78 is 10.9. The van der Waals surface area contributed by atoms with Gasteiger partial charge in [0.15, 0.2) is 0 Å². The van der Waals surface area contributed by atoms with Gasteiger partial charge in [-0.05, 0) is 30.6 Å². The molecule has 2 bridgehead atoms. The molecule has 2 heterocycles. The lowest BCUT2D eigenvalue weighted by Crippen LogP contribution is -2.22. The fraction of sp³-hybridized carbons (Fsp3) is 1.00. The third-order valence-corrected chi connectivity index (χ3v) is 3.98. The van der Waals surface area contributed by atoms with E-state index in [2.05, 4.69) is 0 Å². The van der Waals surface area contributed by atoms with Gasteiger partial charge in [-0.1, -0.05) is 0 Å². The second-order valence-corrected chi connectivity index (χ2v) is 4.50. The first kappa shape index (κ1) is 5.55. The summed E-state index contributed by atoms with van der Waals surface area (Å²) in [7, 11) is 0. The maximum Gasteiger partial charge on any atom is 0.0876 e. The van der Waals surface area contributed by atoms with Crippen molar-refractivity contribution in [1.82, 2.24) is 0 Å². The Morgan fingerprint density at radius 2 is 1.82 bits per heavy atom. The van der Waals surface area contributed by atoms with Gasteiger partial charge in [0.2, 0.25) is 0 Å². The Morgan fingerprint density at radius 3 is 2.45 bits per heavy atom. The van der Waals surface area contributed by atoms with Gasteiger partial charge in [0.25, 0.3) is 0 Å². The zero-order chi connectivity index (χ0) is 7.00. The SMILES string of the molecule is C1OC1C1CC2CC1C1OC21. The smallest absolute Gasteiger partial charge is 0.0876 e. The minimum absolute atomic E-state index is 0.634. The van der Waals surface area contributed by atoms with Crippen LogP contribution >= 0.6 is 0 Å². The van der Waals surface area contributed by atoms with Crippen molar-refractivity contribution in [2.75, 3.05) is 6.61 Å². The first-order valence-electron chi connectivity index (χ1n) is 4.70. The number of epoxide rings is 2. The van der Waals surface area contributed by atoms with Crippen LogP contribution in [0.4, 0.5) is 0 Å². The molecule has 2 aliphatic carbocycles. The van der Waals surface area contributed by atoms with Crippen molar-refractivity contribution < 1.29 is 9.47 Å². The third-order valence-electron chi connectivity index (χ3n) is 3.98. The number of rotatable bonds is 1. The highest BCUT2D eigenvalue weighted by atomic mass is 16.6. The summed E-state index contributed by atoms with van der Waals surface area (Å²) in [6, 6.07) is 0. The first-order chi connectivity index (χ1) is 5.43. The van der Waals surface area contributed by atoms with Crippen molar-refractivity contribution in [2.45, 2.75) is 31.2 Å². The molecule has 6 unspecified atom stereocenters. The van der Waals surface area contributed by atoms with Gasteiger partial charge < -0.3 is 9.47 Å². The number of hydrogen-bond donors (Lipinski definition) is 0. The number of ether oxygens (including phenoxy) is 2. The molecule has 0 aromatic rings. The molecule has 2 nitrogen and oxygen atoms in total. The van der Waals surface area contributed by atoms with Crippen LogP contribution in [0.1, 0.15) is 12.8 Å². The Hall–Kier alpha value is -0.0800. The lowest BCUT2D eigenvalue weighted by atomic mass is 9.87. The van der Waals surface area contributed by atoms with E-state index in [1.165, 1.54) is 12.8 Å². The summed E-state index contributed by atoms with van der Waals surface area (Å²) in [6.07, 6.45) is 4.84. The van der Waals surface area contributed by atoms with Crippen LogP contribution in [0.15, 0.2) is 0 Å². The van der Waals surface area contributed by atoms with Crippen molar-refractivity contribution in [3.05, 3.63) is 0 Å². The van der Waals surface area contributed by atoms with Crippen LogP contribution in [-0.4, -0.2) is 24.9 Å². The van der Waals surface area contributed by atoms with E-state index in [1.807, 2.05) is 0 Å². The Balaban J connectivity index is 1.66. The maximum atomic E-state index is 5.59. The predicted molar refractivity (Wildman–Crippen MR) is 38.1 cm³/mol. The van der Waals surface area contributed by atoms with Crippen LogP contribution in [-0.2, 0) is 9.47 Å². The molecule has 2 saturated heterocycles. The largest absolute Gasteiger partial charge is 0.373 e. The molecule has 4 fully saturated rings. The highest BCUT2D eigenvalue weighted by Crippen LogP contribution is 2.60. The van der Waals surface area contributed by atoms with Gasteiger partial charge in [-0.2, -0.15) is 0 Å². The van der Waals surface area contributed by atoms with Gasteiger partial charge in [0.05, 0.1) is 24.9 Å². The van der Waals surface area contributed by atoms with Gasteiger partial charge in [-0.3, -0.25) is 0 Å². The molecule has 2 heteroatoms. The molecule has 4 rings (SSSR count). The van der Waals surface area contributed by atoms with Crippen LogP contribution in [0.3, 0.4) is 0 Å². The van der Waals surface area contributed by atoms with Crippen molar-refractivity contribution in [3.8, 4) is 0 Å². The minimum Gasteiger partial charge on any atom is -0.373 e. The van der Waals surface area contributed by atoms with E-state index in [4.69, 9.17) is 9.47 Å². The summed E-state index contributed by atoms with van der Waals surface area (Å²) >= 11 is 0. The summed E-state index contributed by atoms with van der Waals surface area (Å²) in [5.74, 6) is 2.68. The van der Waals surface area contributed by atoms with E-state index in [0.717, 1.165) is 24.4 Å². The molecular formula is C9H12O2. The van der Waals surface area contributed by atoms with E-state index >= 15 is 0 Å². The zero-order valence-electron chi connectivity index (χ0n) is 6.40. The van der Waals surface area contributed by atoms with Gasteiger partial charge in [-0.25, -0.2) is 0 Å². The first-order valence-corrected chi connectivity index (χ1v) is 4.70. The molecule has 0 amide bonds. The van der Waals surface area contributed by atoms with Crippen molar-refractivity contribution in [2.24, 2.45) is 17.8 Å². The molecule has 0 N–H and O–H groups in total. The summed E-state index contributed by atoms with van der Waals surface area (Å²) in [4.78, 5) is 0. The Labute approximate surface area is 65.9 Å². The van der Waals surface area contributed by atoms with Gasteiger partial charge >= 0.3 is 0 Å². The molecule has 0 aromatic heterocycles. The summed E-state index contributed by atoms with van der Waals surface area (Å²) in [5, 5.41) is 0. The van der Waals surface area contributed by atoms with E-state index in [9.17, 15) is 0 Å². The van der Waals surface area contributed by atoms with Crippen LogP contribution < -0.4 is 0 Å². The van der Waals surface area contributed by atoms with E-state index in [0.29, 0.717) is 18.3 Å². The molecule has 2 saturated carbocycles. The fourth-order valence-corrected chi connectivity index (χ4v) is 3.38. The fourth-order valence-electron chi connectivity index (χ4n) is 3.38. The molecule has 6 atom stereocenters. The van der Waals surface area contributed by atoms with Gasteiger partial charge in [0, 0.05) is 0 Å². The summed E-state index contributed by atoms with van der Waals surface area (Å²) in [6.45, 7) is 1.03. The lowest BCUT2D eigenvalue weighted by Gasteiger charge is -2.15. The van der Waals surface area contributed by atoms with Crippen molar-refractivity contribution in [3.63, 3.8) is 0 Å². The van der Waals surface area contributed by atoms with Crippen LogP contribution in [0, 0.1) is 17.8 Å². The molecule has 0 aromatic carbocycles. The highest BCUT2D eigenvalue weighted by molar-refractivity contribution is 5.12. The molecule has 2 aliphatic heterocycles. The normalized spacial score (nSPS) is 69.8. The van der Waals surface area contributed by atoms with Gasteiger partial charge in [0.1, 0.15) is 0 Å². The maximum absolute atomic E-state index is 5.59. The monoisotopic (exact) mass is 152 g/mol. The molecule has 0 spiro atoms. The topological polar surface area (TPSA) is 25.1 Å². The highest BCUT2D eigenvalue weighted by Gasteiger charge is 2.65. The third kappa shape index (κ3) is 0.574. The lowest BCUT2D eigenvalue weighted by molar-refractivity contribution is 0.226. The molecule has 0 radical (unpaired) electrons. The quantitative estimate of drug-likeness (QED) is 0.519. The molecule has 4 aliphatic rings. The zero-order valence-corrected chi connectivity index (χ0v) is 6.40. The van der Waals surface area contributed by atoms with Crippen LogP contribution in [0.25, 0.3) is 0 Å². The van der Waals surface area contributed by atoms with Crippen LogP contribution in [0.5, 0.6) is 0 Å². The Bertz CT molecular complexity index is 212. The average molecular weight is 152 g/mol. The second-order valence-electron chi connectivity index (χ2n) is 4.50. The Kier molecular flexibility index (Phi) is 0.758. The van der Waals surface area contributed by atoms with Crippen LogP contribution in [0.2, 0.25) is 0 Å². The average Bonchev–Trinajstić information content (AvgIpc) is 2.91.